The maximum Gasteiger partial charge on any atom is 0.233 e. The third-order valence-electron chi connectivity index (χ3n) is 4.48. The van der Waals surface area contributed by atoms with Gasteiger partial charge >= 0.3 is 0 Å². The molecule has 0 saturated carbocycles. The van der Waals surface area contributed by atoms with Gasteiger partial charge in [0, 0.05) is 16.5 Å². The Hall–Kier alpha value is -2.29. The molecule has 0 fully saturated rings. The van der Waals surface area contributed by atoms with Gasteiger partial charge in [0.15, 0.2) is 5.82 Å². The highest BCUT2D eigenvalue weighted by Crippen LogP contribution is 2.27. The van der Waals surface area contributed by atoms with Crippen molar-refractivity contribution in [1.82, 2.24) is 20.2 Å². The average molecular weight is 468 g/mol. The zero-order valence-corrected chi connectivity index (χ0v) is 18.6. The molecule has 1 heterocycles. The Morgan fingerprint density at radius 3 is 2.67 bits per heavy atom. The maximum atomic E-state index is 13.9. The molecule has 0 radical (unpaired) electrons. The van der Waals surface area contributed by atoms with Gasteiger partial charge in [0.1, 0.15) is 5.82 Å². The highest BCUT2D eigenvalue weighted by molar-refractivity contribution is 8.00. The van der Waals surface area contributed by atoms with Crippen LogP contribution in [0.3, 0.4) is 0 Å². The number of carbonyl (C=O) groups excluding carboxylic acids is 1. The molecule has 2 atom stereocenters. The fourth-order valence-electron chi connectivity index (χ4n) is 2.79. The van der Waals surface area contributed by atoms with Gasteiger partial charge in [-0.1, -0.05) is 59.2 Å². The maximum absolute atomic E-state index is 13.9. The molecule has 0 spiro atoms. The van der Waals surface area contributed by atoms with Gasteiger partial charge in [-0.2, -0.15) is 0 Å². The molecule has 10 heteroatoms. The van der Waals surface area contributed by atoms with Crippen LogP contribution in [-0.4, -0.2) is 26.0 Å². The Labute approximate surface area is 187 Å². The molecule has 1 aromatic heterocycles. The number of benzene rings is 2. The Morgan fingerprint density at radius 2 is 1.97 bits per heavy atom. The van der Waals surface area contributed by atoms with Gasteiger partial charge in [0.25, 0.3) is 0 Å². The summed E-state index contributed by atoms with van der Waals surface area (Å²) < 4.78 is 15.1. The molecule has 0 aliphatic carbocycles. The summed E-state index contributed by atoms with van der Waals surface area (Å²) in [5.74, 6) is 5.92. The van der Waals surface area contributed by atoms with Crippen LogP contribution in [-0.2, 0) is 11.2 Å². The second-order valence-electron chi connectivity index (χ2n) is 6.69. The number of rotatable bonds is 7. The lowest BCUT2D eigenvalue weighted by Crippen LogP contribution is -2.33. The highest BCUT2D eigenvalue weighted by atomic mass is 35.5. The van der Waals surface area contributed by atoms with E-state index in [9.17, 15) is 9.18 Å². The zero-order chi connectivity index (χ0) is 21.8. The third-order valence-corrected chi connectivity index (χ3v) is 6.10. The van der Waals surface area contributed by atoms with Crippen molar-refractivity contribution in [3.05, 3.63) is 75.3 Å². The first-order chi connectivity index (χ1) is 14.3. The van der Waals surface area contributed by atoms with Gasteiger partial charge in [0.2, 0.25) is 11.1 Å². The predicted molar refractivity (Wildman–Crippen MR) is 118 cm³/mol. The van der Waals surface area contributed by atoms with Crippen molar-refractivity contribution in [3.63, 3.8) is 0 Å². The van der Waals surface area contributed by atoms with Crippen LogP contribution in [0.5, 0.6) is 0 Å². The number of aromatic nitrogens is 3. The molecule has 158 valence electrons. The number of thioether (sulfide) groups is 1. The largest absolute Gasteiger partial charge is 0.349 e. The molecule has 6 nitrogen and oxygen atoms in total. The van der Waals surface area contributed by atoms with Crippen molar-refractivity contribution in [2.75, 3.05) is 5.84 Å². The minimum atomic E-state index is -0.494. The SMILES string of the molecule is C[C@H](NC(=O)[C@@H](C)Sc1nnc(Cc2ccccc2F)n1N)c1ccc(Cl)cc1Cl. The molecule has 3 N–H and O–H groups in total. The number of nitrogens with one attached hydrogen (secondary N) is 1. The average Bonchev–Trinajstić information content (AvgIpc) is 3.03. The van der Waals surface area contributed by atoms with E-state index >= 15 is 0 Å². The Kier molecular flexibility index (Phi) is 7.23. The molecule has 0 bridgehead atoms. The van der Waals surface area contributed by atoms with Crippen molar-refractivity contribution in [3.8, 4) is 0 Å². The summed E-state index contributed by atoms with van der Waals surface area (Å²) >= 11 is 13.3. The number of nitrogen functional groups attached to an aromatic ring is 1. The first-order valence-electron chi connectivity index (χ1n) is 9.11. The Bertz CT molecular complexity index is 1060. The van der Waals surface area contributed by atoms with Crippen LogP contribution in [0.15, 0.2) is 47.6 Å². The summed E-state index contributed by atoms with van der Waals surface area (Å²) in [6, 6.07) is 11.2. The Morgan fingerprint density at radius 1 is 1.23 bits per heavy atom. The van der Waals surface area contributed by atoms with E-state index in [-0.39, 0.29) is 24.2 Å². The lowest BCUT2D eigenvalue weighted by molar-refractivity contribution is -0.120. The van der Waals surface area contributed by atoms with E-state index in [0.717, 1.165) is 17.3 Å². The first kappa shape index (κ1) is 22.4. The molecule has 3 aromatic rings. The molecule has 30 heavy (non-hydrogen) atoms. The predicted octanol–water partition coefficient (Wildman–Crippen LogP) is 4.39. The van der Waals surface area contributed by atoms with E-state index in [1.165, 1.54) is 10.7 Å². The second kappa shape index (κ2) is 9.68. The van der Waals surface area contributed by atoms with Crippen LogP contribution in [0.2, 0.25) is 10.0 Å². The van der Waals surface area contributed by atoms with Crippen LogP contribution in [0.25, 0.3) is 0 Å². The van der Waals surface area contributed by atoms with Crippen molar-refractivity contribution < 1.29 is 9.18 Å². The van der Waals surface area contributed by atoms with E-state index in [0.29, 0.717) is 26.6 Å². The minimum Gasteiger partial charge on any atom is -0.349 e. The number of nitrogens with two attached hydrogens (primary N) is 1. The number of halogens is 3. The standard InChI is InChI=1S/C20H20Cl2FN5OS/c1-11(15-8-7-14(21)10-16(15)22)25-19(29)12(2)30-20-27-26-18(28(20)24)9-13-5-3-4-6-17(13)23/h3-8,10-12H,9,24H2,1-2H3,(H,25,29)/t11-,12+/m0/s1. The van der Waals surface area contributed by atoms with Gasteiger partial charge in [-0.05, 0) is 43.2 Å². The smallest absolute Gasteiger partial charge is 0.233 e. The normalized spacial score (nSPS) is 13.1. The summed E-state index contributed by atoms with van der Waals surface area (Å²) in [7, 11) is 0. The number of amides is 1. The molecule has 0 aliphatic rings. The monoisotopic (exact) mass is 467 g/mol. The topological polar surface area (TPSA) is 85.8 Å². The van der Waals surface area contributed by atoms with E-state index in [1.807, 2.05) is 6.92 Å². The van der Waals surface area contributed by atoms with Crippen LogP contribution < -0.4 is 11.2 Å². The second-order valence-corrected chi connectivity index (χ2v) is 8.84. The summed E-state index contributed by atoms with van der Waals surface area (Å²) in [6.07, 6.45) is 0.198. The van der Waals surface area contributed by atoms with Crippen molar-refractivity contribution >= 4 is 40.9 Å². The quantitative estimate of drug-likeness (QED) is 0.397. The van der Waals surface area contributed by atoms with Crippen molar-refractivity contribution in [2.45, 2.75) is 36.7 Å². The lowest BCUT2D eigenvalue weighted by Gasteiger charge is -2.18. The molecular weight excluding hydrogens is 448 g/mol. The molecule has 1 amide bonds. The van der Waals surface area contributed by atoms with Crippen molar-refractivity contribution in [1.29, 1.82) is 0 Å². The van der Waals surface area contributed by atoms with Crippen LogP contribution >= 0.6 is 35.0 Å². The fourth-order valence-corrected chi connectivity index (χ4v) is 4.16. The fraction of sp³-hybridized carbons (Fsp3) is 0.250. The first-order valence-corrected chi connectivity index (χ1v) is 10.7. The number of hydrogen-bond acceptors (Lipinski definition) is 5. The van der Waals surface area contributed by atoms with Crippen LogP contribution in [0.4, 0.5) is 4.39 Å². The van der Waals surface area contributed by atoms with Crippen LogP contribution in [0.1, 0.15) is 36.8 Å². The van der Waals surface area contributed by atoms with Crippen molar-refractivity contribution in [2.24, 2.45) is 0 Å². The zero-order valence-electron chi connectivity index (χ0n) is 16.3. The molecule has 0 aliphatic heterocycles. The third kappa shape index (κ3) is 5.24. The molecule has 3 rings (SSSR count). The summed E-state index contributed by atoms with van der Waals surface area (Å²) in [4.78, 5) is 12.6. The van der Waals surface area contributed by atoms with E-state index in [4.69, 9.17) is 29.0 Å². The summed E-state index contributed by atoms with van der Waals surface area (Å²) in [5, 5.41) is 11.9. The number of hydrogen-bond donors (Lipinski definition) is 2. The highest BCUT2D eigenvalue weighted by Gasteiger charge is 2.22. The summed E-state index contributed by atoms with van der Waals surface area (Å²) in [6.45, 7) is 3.57. The number of nitrogens with zero attached hydrogens (tertiary/aromatic N) is 3. The molecular formula is C20H20Cl2FN5OS. The van der Waals surface area contributed by atoms with Gasteiger partial charge in [0.05, 0.1) is 11.3 Å². The number of carbonyl (C=O) groups is 1. The Balaban J connectivity index is 1.64. The lowest BCUT2D eigenvalue weighted by atomic mass is 10.1. The van der Waals surface area contributed by atoms with Gasteiger partial charge in [-0.25, -0.2) is 9.07 Å². The molecule has 0 unspecified atom stereocenters. The van der Waals surface area contributed by atoms with E-state index in [1.54, 1.807) is 43.3 Å². The van der Waals surface area contributed by atoms with Crippen LogP contribution in [0, 0.1) is 5.82 Å². The van der Waals surface area contributed by atoms with Gasteiger partial charge in [-0.15, -0.1) is 10.2 Å². The molecule has 0 saturated heterocycles. The van der Waals surface area contributed by atoms with Gasteiger partial charge < -0.3 is 11.2 Å². The van der Waals surface area contributed by atoms with E-state index in [2.05, 4.69) is 15.5 Å². The van der Waals surface area contributed by atoms with E-state index < -0.39 is 5.25 Å². The van der Waals surface area contributed by atoms with Gasteiger partial charge in [-0.3, -0.25) is 4.79 Å². The summed E-state index contributed by atoms with van der Waals surface area (Å²) in [5.41, 5.74) is 1.23. The minimum absolute atomic E-state index is 0.198. The molecule has 2 aromatic carbocycles.